The predicted octanol–water partition coefficient (Wildman–Crippen LogP) is 3.83. The van der Waals surface area contributed by atoms with Crippen molar-refractivity contribution in [1.82, 2.24) is 9.97 Å². The molecule has 19 heavy (non-hydrogen) atoms. The Hall–Kier alpha value is -1.89. The molecule has 0 radical (unpaired) electrons. The Bertz CT molecular complexity index is 652. The molecule has 3 nitrogen and oxygen atoms in total. The monoisotopic (exact) mass is 286 g/mol. The Kier molecular flexibility index (Phi) is 3.57. The molecule has 2 aromatic rings. The van der Waals surface area contributed by atoms with Gasteiger partial charge in [-0.1, -0.05) is 12.1 Å². The lowest BCUT2D eigenvalue weighted by atomic mass is 10.1. The number of hydrogen-bond acceptors (Lipinski definition) is 3. The number of halogens is 3. The number of nitrogens with one attached hydrogen (secondary N) is 1. The van der Waals surface area contributed by atoms with Crippen LogP contribution >= 0.6 is 12.2 Å². The van der Waals surface area contributed by atoms with Gasteiger partial charge in [-0.05, 0) is 30.4 Å². The highest BCUT2D eigenvalue weighted by Crippen LogP contribution is 2.30. The summed E-state index contributed by atoms with van der Waals surface area (Å²) in [7, 11) is 1.48. The number of H-pyrrole nitrogens is 1. The van der Waals surface area contributed by atoms with Gasteiger partial charge < -0.3 is 9.72 Å². The molecule has 0 aliphatic heterocycles. The molecular formula is C12H9F3N2OS. The third-order valence-electron chi connectivity index (χ3n) is 2.42. The van der Waals surface area contributed by atoms with E-state index in [1.807, 2.05) is 4.98 Å². The van der Waals surface area contributed by atoms with Crippen molar-refractivity contribution in [3.63, 3.8) is 0 Å². The first-order valence-electron chi connectivity index (χ1n) is 5.23. The van der Waals surface area contributed by atoms with Gasteiger partial charge in [0.1, 0.15) is 11.4 Å². The Balaban J connectivity index is 2.56. The number of aromatic amines is 1. The van der Waals surface area contributed by atoms with Crippen molar-refractivity contribution >= 4 is 12.2 Å². The fourth-order valence-electron chi connectivity index (χ4n) is 1.54. The summed E-state index contributed by atoms with van der Waals surface area (Å²) in [5, 5.41) is 0. The van der Waals surface area contributed by atoms with Crippen LogP contribution in [0.5, 0.6) is 5.75 Å². The average Bonchev–Trinajstić information content (AvgIpc) is 2.37. The Morgan fingerprint density at radius 2 is 2.00 bits per heavy atom. The number of ether oxygens (including phenoxy) is 1. The van der Waals surface area contributed by atoms with Crippen molar-refractivity contribution in [2.45, 2.75) is 6.18 Å². The van der Waals surface area contributed by atoms with Gasteiger partial charge in [0, 0.05) is 5.56 Å². The zero-order valence-corrected chi connectivity index (χ0v) is 10.6. The van der Waals surface area contributed by atoms with Crippen molar-refractivity contribution in [3.8, 4) is 17.0 Å². The Labute approximate surface area is 112 Å². The van der Waals surface area contributed by atoms with Crippen LogP contribution in [0.25, 0.3) is 11.3 Å². The van der Waals surface area contributed by atoms with E-state index in [4.69, 9.17) is 17.0 Å². The quantitative estimate of drug-likeness (QED) is 0.852. The van der Waals surface area contributed by atoms with Crippen LogP contribution < -0.4 is 4.74 Å². The van der Waals surface area contributed by atoms with Crippen LogP contribution in [0.1, 0.15) is 5.69 Å². The van der Waals surface area contributed by atoms with Crippen molar-refractivity contribution in [2.24, 2.45) is 0 Å². The van der Waals surface area contributed by atoms with Crippen molar-refractivity contribution < 1.29 is 17.9 Å². The van der Waals surface area contributed by atoms with Crippen LogP contribution in [0.2, 0.25) is 0 Å². The van der Waals surface area contributed by atoms with Gasteiger partial charge in [-0.25, -0.2) is 4.98 Å². The highest BCUT2D eigenvalue weighted by atomic mass is 32.1. The molecule has 2 rings (SSSR count). The van der Waals surface area contributed by atoms with Gasteiger partial charge in [-0.2, -0.15) is 13.2 Å². The number of hydrogen-bond donors (Lipinski definition) is 1. The highest BCUT2D eigenvalue weighted by molar-refractivity contribution is 7.71. The summed E-state index contributed by atoms with van der Waals surface area (Å²) in [5.41, 5.74) is -0.273. The van der Waals surface area contributed by atoms with E-state index in [1.54, 1.807) is 24.3 Å². The smallest absolute Gasteiger partial charge is 0.431 e. The minimum Gasteiger partial charge on any atom is -0.497 e. The summed E-state index contributed by atoms with van der Waals surface area (Å²) < 4.78 is 42.8. The van der Waals surface area contributed by atoms with Crippen molar-refractivity contribution in [1.29, 1.82) is 0 Å². The molecule has 1 aromatic carbocycles. The Morgan fingerprint density at radius 3 is 2.63 bits per heavy atom. The molecule has 1 heterocycles. The third-order valence-corrected chi connectivity index (χ3v) is 2.61. The highest BCUT2D eigenvalue weighted by Gasteiger charge is 2.32. The van der Waals surface area contributed by atoms with Gasteiger partial charge in [-0.15, -0.1) is 0 Å². The molecule has 0 spiro atoms. The normalized spacial score (nSPS) is 11.4. The van der Waals surface area contributed by atoms with E-state index in [9.17, 15) is 13.2 Å². The van der Waals surface area contributed by atoms with Crippen LogP contribution in [-0.2, 0) is 6.18 Å². The van der Waals surface area contributed by atoms with Gasteiger partial charge >= 0.3 is 6.18 Å². The van der Waals surface area contributed by atoms with Gasteiger partial charge in [0.25, 0.3) is 0 Å². The van der Waals surface area contributed by atoms with E-state index in [2.05, 4.69) is 4.98 Å². The number of rotatable bonds is 2. The van der Waals surface area contributed by atoms with E-state index < -0.39 is 11.9 Å². The maximum absolute atomic E-state index is 12.7. The SMILES string of the molecule is COc1cccc(-c2cc(C(F)(F)F)[nH]c(=S)n2)c1. The second kappa shape index (κ2) is 5.00. The minimum absolute atomic E-state index is 0.148. The second-order valence-corrected chi connectivity index (χ2v) is 4.10. The van der Waals surface area contributed by atoms with Crippen LogP contribution in [0.15, 0.2) is 30.3 Å². The molecular weight excluding hydrogens is 277 g/mol. The van der Waals surface area contributed by atoms with E-state index >= 15 is 0 Å². The minimum atomic E-state index is -4.50. The Morgan fingerprint density at radius 1 is 1.26 bits per heavy atom. The van der Waals surface area contributed by atoms with E-state index in [0.717, 1.165) is 6.07 Å². The first-order chi connectivity index (χ1) is 8.90. The zero-order valence-electron chi connectivity index (χ0n) is 9.78. The van der Waals surface area contributed by atoms with Gasteiger partial charge in [0.15, 0.2) is 4.77 Å². The van der Waals surface area contributed by atoms with Crippen LogP contribution in [0, 0.1) is 4.77 Å². The zero-order chi connectivity index (χ0) is 14.0. The van der Waals surface area contributed by atoms with Crippen molar-refractivity contribution in [3.05, 3.63) is 40.8 Å². The molecule has 7 heteroatoms. The number of nitrogens with zero attached hydrogens (tertiary/aromatic N) is 1. The molecule has 0 amide bonds. The summed E-state index contributed by atoms with van der Waals surface area (Å²) in [6, 6.07) is 7.52. The largest absolute Gasteiger partial charge is 0.497 e. The maximum atomic E-state index is 12.7. The number of alkyl halides is 3. The summed E-state index contributed by atoms with van der Waals surface area (Å²) in [4.78, 5) is 5.93. The van der Waals surface area contributed by atoms with Crippen LogP contribution in [0.3, 0.4) is 0 Å². The lowest BCUT2D eigenvalue weighted by molar-refractivity contribution is -0.141. The van der Waals surface area contributed by atoms with Crippen molar-refractivity contribution in [2.75, 3.05) is 7.11 Å². The van der Waals surface area contributed by atoms with Gasteiger partial charge in [0.2, 0.25) is 0 Å². The summed E-state index contributed by atoms with van der Waals surface area (Å²) in [6.45, 7) is 0. The summed E-state index contributed by atoms with van der Waals surface area (Å²) >= 11 is 4.72. The molecule has 0 bridgehead atoms. The first-order valence-corrected chi connectivity index (χ1v) is 5.64. The fourth-order valence-corrected chi connectivity index (χ4v) is 1.75. The molecule has 0 saturated heterocycles. The third kappa shape index (κ3) is 3.11. The van der Waals surface area contributed by atoms with E-state index in [0.29, 0.717) is 11.3 Å². The second-order valence-electron chi connectivity index (χ2n) is 3.71. The molecule has 1 N–H and O–H groups in total. The summed E-state index contributed by atoms with van der Waals surface area (Å²) in [5.74, 6) is 0.534. The van der Waals surface area contributed by atoms with Gasteiger partial charge in [-0.3, -0.25) is 0 Å². The average molecular weight is 286 g/mol. The molecule has 100 valence electrons. The summed E-state index contributed by atoms with van der Waals surface area (Å²) in [6.07, 6.45) is -4.50. The fraction of sp³-hybridized carbons (Fsp3) is 0.167. The molecule has 0 saturated carbocycles. The molecule has 1 aromatic heterocycles. The predicted molar refractivity (Wildman–Crippen MR) is 66.4 cm³/mol. The molecule has 0 aliphatic rings. The lowest BCUT2D eigenvalue weighted by Crippen LogP contribution is -2.09. The molecule has 0 aliphatic carbocycles. The number of methoxy groups -OCH3 is 1. The number of aromatic nitrogens is 2. The molecule has 0 fully saturated rings. The maximum Gasteiger partial charge on any atom is 0.431 e. The van der Waals surface area contributed by atoms with Crippen LogP contribution in [-0.4, -0.2) is 17.1 Å². The first kappa shape index (κ1) is 13.5. The van der Waals surface area contributed by atoms with Crippen LogP contribution in [0.4, 0.5) is 13.2 Å². The van der Waals surface area contributed by atoms with E-state index in [1.165, 1.54) is 7.11 Å². The molecule has 0 atom stereocenters. The number of benzene rings is 1. The topological polar surface area (TPSA) is 37.9 Å². The standard InChI is InChI=1S/C12H9F3N2OS/c1-18-8-4-2-3-7(5-8)9-6-10(12(13,14)15)17-11(19)16-9/h2-6H,1H3,(H,16,17,19). The lowest BCUT2D eigenvalue weighted by Gasteiger charge is -2.09. The van der Waals surface area contributed by atoms with E-state index in [-0.39, 0.29) is 10.5 Å². The van der Waals surface area contributed by atoms with Gasteiger partial charge in [0.05, 0.1) is 12.8 Å². The molecule has 0 unspecified atom stereocenters.